The summed E-state index contributed by atoms with van der Waals surface area (Å²) >= 11 is 0. The maximum Gasteiger partial charge on any atom is 0.523 e. The Morgan fingerprint density at radius 1 is 1.17 bits per heavy atom. The molecular formula is C8H14F3O. The average Bonchev–Trinajstić information content (AvgIpc) is 1.48. The highest BCUT2D eigenvalue weighted by Gasteiger charge is 2.37. The SMILES string of the molecule is C[C](C)CC(C)(C)OC(F)(F)F. The molecule has 1 nitrogen and oxygen atoms in total. The summed E-state index contributed by atoms with van der Waals surface area (Å²) in [5.41, 5.74) is -1.16. The molecule has 0 aromatic heterocycles. The van der Waals surface area contributed by atoms with Gasteiger partial charge in [-0.1, -0.05) is 13.8 Å². The molecule has 0 aliphatic rings. The number of rotatable bonds is 3. The van der Waals surface area contributed by atoms with Gasteiger partial charge in [-0.3, -0.25) is 4.74 Å². The van der Waals surface area contributed by atoms with Crippen LogP contribution in [0, 0.1) is 5.92 Å². The molecule has 1 radical (unpaired) electrons. The van der Waals surface area contributed by atoms with Crippen LogP contribution in [0.4, 0.5) is 13.2 Å². The van der Waals surface area contributed by atoms with E-state index in [-0.39, 0.29) is 0 Å². The lowest BCUT2D eigenvalue weighted by atomic mass is 9.96. The molecule has 0 N–H and O–H groups in total. The smallest absolute Gasteiger partial charge is 0.286 e. The third-order valence-electron chi connectivity index (χ3n) is 1.17. The van der Waals surface area contributed by atoms with Crippen LogP contribution in [0.5, 0.6) is 0 Å². The summed E-state index contributed by atoms with van der Waals surface area (Å²) in [6.07, 6.45) is -4.23. The lowest BCUT2D eigenvalue weighted by Gasteiger charge is -2.27. The molecule has 0 unspecified atom stereocenters. The van der Waals surface area contributed by atoms with Crippen molar-refractivity contribution in [2.75, 3.05) is 0 Å². The first kappa shape index (κ1) is 11.8. The van der Waals surface area contributed by atoms with Gasteiger partial charge in [-0.05, 0) is 26.2 Å². The van der Waals surface area contributed by atoms with Gasteiger partial charge in [0, 0.05) is 0 Å². The lowest BCUT2D eigenvalue weighted by Crippen LogP contribution is -2.33. The number of halogens is 3. The normalized spacial score (nSPS) is 14.0. The van der Waals surface area contributed by atoms with Gasteiger partial charge in [0.2, 0.25) is 0 Å². The molecule has 0 aliphatic carbocycles. The molecule has 0 amide bonds. The molecule has 0 spiro atoms. The minimum atomic E-state index is -4.54. The van der Waals surface area contributed by atoms with E-state index in [1.54, 1.807) is 13.8 Å². The molecule has 0 rings (SSSR count). The van der Waals surface area contributed by atoms with Crippen molar-refractivity contribution in [3.63, 3.8) is 0 Å². The molecule has 0 aliphatic heterocycles. The fraction of sp³-hybridized carbons (Fsp3) is 0.875. The van der Waals surface area contributed by atoms with Gasteiger partial charge < -0.3 is 0 Å². The van der Waals surface area contributed by atoms with Crippen molar-refractivity contribution in [3.8, 4) is 0 Å². The van der Waals surface area contributed by atoms with Crippen LogP contribution in [0.1, 0.15) is 34.1 Å². The molecule has 0 atom stereocenters. The second-order valence-corrected chi connectivity index (χ2v) is 3.69. The molecular weight excluding hydrogens is 169 g/mol. The number of hydrogen-bond donors (Lipinski definition) is 0. The summed E-state index contributed by atoms with van der Waals surface area (Å²) in [6.45, 7) is 6.41. The Hall–Kier alpha value is -0.250. The highest BCUT2D eigenvalue weighted by atomic mass is 19.4. The Balaban J connectivity index is 4.04. The van der Waals surface area contributed by atoms with Gasteiger partial charge in [0.25, 0.3) is 0 Å². The van der Waals surface area contributed by atoms with E-state index < -0.39 is 12.0 Å². The molecule has 0 bridgehead atoms. The molecule has 4 heteroatoms. The second kappa shape index (κ2) is 3.64. The van der Waals surface area contributed by atoms with Crippen LogP contribution < -0.4 is 0 Å². The number of ether oxygens (including phenoxy) is 1. The molecule has 0 aromatic rings. The fourth-order valence-electron chi connectivity index (χ4n) is 1.20. The first-order chi connectivity index (χ1) is 5.12. The highest BCUT2D eigenvalue weighted by molar-refractivity contribution is 4.86. The van der Waals surface area contributed by atoms with E-state index in [4.69, 9.17) is 0 Å². The van der Waals surface area contributed by atoms with Crippen LogP contribution in [0.25, 0.3) is 0 Å². The predicted octanol–water partition coefficient (Wildman–Crippen LogP) is 3.31. The summed E-state index contributed by atoms with van der Waals surface area (Å²) in [5, 5.41) is 0. The quantitative estimate of drug-likeness (QED) is 0.652. The van der Waals surface area contributed by atoms with Crippen LogP contribution >= 0.6 is 0 Å². The van der Waals surface area contributed by atoms with Crippen molar-refractivity contribution >= 4 is 0 Å². The van der Waals surface area contributed by atoms with Crippen molar-refractivity contribution in [3.05, 3.63) is 5.92 Å². The van der Waals surface area contributed by atoms with E-state index >= 15 is 0 Å². The largest absolute Gasteiger partial charge is 0.523 e. The Morgan fingerprint density at radius 3 is 1.83 bits per heavy atom. The maximum absolute atomic E-state index is 11.8. The van der Waals surface area contributed by atoms with E-state index in [0.29, 0.717) is 6.42 Å². The maximum atomic E-state index is 11.8. The molecule has 0 saturated heterocycles. The molecule has 0 fully saturated rings. The summed E-state index contributed by atoms with van der Waals surface area (Å²) in [5.74, 6) is 0.921. The number of alkyl halides is 3. The van der Waals surface area contributed by atoms with Gasteiger partial charge in [0.1, 0.15) is 0 Å². The van der Waals surface area contributed by atoms with E-state index in [1.165, 1.54) is 13.8 Å². The monoisotopic (exact) mass is 183 g/mol. The van der Waals surface area contributed by atoms with Crippen molar-refractivity contribution in [1.82, 2.24) is 0 Å². The molecule has 12 heavy (non-hydrogen) atoms. The van der Waals surface area contributed by atoms with Crippen molar-refractivity contribution in [1.29, 1.82) is 0 Å². The number of hydrogen-bond acceptors (Lipinski definition) is 1. The first-order valence-electron chi connectivity index (χ1n) is 3.68. The van der Waals surface area contributed by atoms with Gasteiger partial charge in [0.15, 0.2) is 0 Å². The molecule has 0 heterocycles. The zero-order valence-electron chi connectivity index (χ0n) is 7.75. The molecule has 73 valence electrons. The Bertz CT molecular complexity index is 138. The van der Waals surface area contributed by atoms with E-state index in [2.05, 4.69) is 4.74 Å². The van der Waals surface area contributed by atoms with Crippen LogP contribution in [0.2, 0.25) is 0 Å². The predicted molar refractivity (Wildman–Crippen MR) is 40.4 cm³/mol. The van der Waals surface area contributed by atoms with E-state index in [1.807, 2.05) is 0 Å². The fourth-order valence-corrected chi connectivity index (χ4v) is 1.20. The van der Waals surface area contributed by atoms with Gasteiger partial charge in [-0.15, -0.1) is 13.2 Å². The molecule has 0 saturated carbocycles. The van der Waals surface area contributed by atoms with Gasteiger partial charge in [-0.2, -0.15) is 0 Å². The van der Waals surface area contributed by atoms with Gasteiger partial charge in [-0.25, -0.2) is 0 Å². The van der Waals surface area contributed by atoms with E-state index in [0.717, 1.165) is 5.92 Å². The summed E-state index contributed by atoms with van der Waals surface area (Å²) in [7, 11) is 0. The zero-order chi connectivity index (χ0) is 9.99. The standard InChI is InChI=1S/C8H14F3O/c1-6(2)5-7(3,4)12-8(9,10)11/h5H2,1-4H3. The minimum Gasteiger partial charge on any atom is -0.286 e. The highest BCUT2D eigenvalue weighted by Crippen LogP contribution is 2.29. The second-order valence-electron chi connectivity index (χ2n) is 3.69. The summed E-state index contributed by atoms with van der Waals surface area (Å²) in [4.78, 5) is 0. The third-order valence-corrected chi connectivity index (χ3v) is 1.17. The Morgan fingerprint density at radius 2 is 1.58 bits per heavy atom. The van der Waals surface area contributed by atoms with Crippen LogP contribution in [0.3, 0.4) is 0 Å². The third kappa shape index (κ3) is 6.46. The van der Waals surface area contributed by atoms with Crippen LogP contribution in [-0.4, -0.2) is 12.0 Å². The van der Waals surface area contributed by atoms with Crippen molar-refractivity contribution in [2.24, 2.45) is 0 Å². The van der Waals surface area contributed by atoms with Crippen molar-refractivity contribution in [2.45, 2.75) is 46.1 Å². The van der Waals surface area contributed by atoms with E-state index in [9.17, 15) is 13.2 Å². The van der Waals surface area contributed by atoms with Gasteiger partial charge >= 0.3 is 6.36 Å². The minimum absolute atomic E-state index is 0.312. The average molecular weight is 183 g/mol. The zero-order valence-corrected chi connectivity index (χ0v) is 7.75. The van der Waals surface area contributed by atoms with Crippen molar-refractivity contribution < 1.29 is 17.9 Å². The van der Waals surface area contributed by atoms with Gasteiger partial charge in [0.05, 0.1) is 5.60 Å². The summed E-state index contributed by atoms with van der Waals surface area (Å²) < 4.78 is 39.2. The topological polar surface area (TPSA) is 9.23 Å². The first-order valence-corrected chi connectivity index (χ1v) is 3.68. The summed E-state index contributed by atoms with van der Waals surface area (Å²) in [6, 6.07) is 0. The van der Waals surface area contributed by atoms with Crippen LogP contribution in [0.15, 0.2) is 0 Å². The Kier molecular flexibility index (Phi) is 3.57. The lowest BCUT2D eigenvalue weighted by molar-refractivity contribution is -0.361. The van der Waals surface area contributed by atoms with Crippen LogP contribution in [-0.2, 0) is 4.74 Å². The Labute approximate surface area is 70.9 Å². The molecule has 0 aromatic carbocycles.